The summed E-state index contributed by atoms with van der Waals surface area (Å²) in [5.41, 5.74) is 0.352. The molecule has 1 amide bonds. The molecule has 0 unspecified atom stereocenters. The minimum absolute atomic E-state index is 0.104. The van der Waals surface area contributed by atoms with Gasteiger partial charge in [-0.25, -0.2) is 0 Å². The third-order valence-corrected chi connectivity index (χ3v) is 3.37. The summed E-state index contributed by atoms with van der Waals surface area (Å²) in [7, 11) is 0. The molecule has 21 heavy (non-hydrogen) atoms. The number of hydrogen-bond acceptors (Lipinski definition) is 3. The van der Waals surface area contributed by atoms with E-state index in [1.54, 1.807) is 13.8 Å². The first kappa shape index (κ1) is 17.7. The Kier molecular flexibility index (Phi) is 6.85. The van der Waals surface area contributed by atoms with E-state index in [-0.39, 0.29) is 5.91 Å². The van der Waals surface area contributed by atoms with Gasteiger partial charge in [0.25, 0.3) is 0 Å². The summed E-state index contributed by atoms with van der Waals surface area (Å²) in [5, 5.41) is 9.90. The average Bonchev–Trinajstić information content (AvgIpc) is 2.43. The fourth-order valence-electron chi connectivity index (χ4n) is 2.30. The third-order valence-electron chi connectivity index (χ3n) is 3.37. The minimum atomic E-state index is -0.785. The molecule has 4 nitrogen and oxygen atoms in total. The first-order chi connectivity index (χ1) is 9.85. The highest BCUT2D eigenvalue weighted by Crippen LogP contribution is 2.08. The Morgan fingerprint density at radius 1 is 1.14 bits per heavy atom. The number of aliphatic hydroxyl groups is 1. The Hall–Kier alpha value is -1.39. The molecular formula is C17H28N2O2. The van der Waals surface area contributed by atoms with Crippen LogP contribution in [-0.2, 0) is 11.3 Å². The van der Waals surface area contributed by atoms with Crippen LogP contribution in [0.1, 0.15) is 33.3 Å². The van der Waals surface area contributed by atoms with E-state index in [2.05, 4.69) is 0 Å². The molecule has 1 rings (SSSR count). The zero-order valence-corrected chi connectivity index (χ0v) is 13.7. The van der Waals surface area contributed by atoms with Crippen molar-refractivity contribution in [3.8, 4) is 0 Å². The van der Waals surface area contributed by atoms with Crippen LogP contribution in [-0.4, -0.2) is 52.6 Å². The lowest BCUT2D eigenvalue weighted by Gasteiger charge is -2.30. The van der Waals surface area contributed by atoms with Gasteiger partial charge in [0.1, 0.15) is 0 Å². The largest absolute Gasteiger partial charge is 0.389 e. The molecule has 0 aliphatic rings. The summed E-state index contributed by atoms with van der Waals surface area (Å²) >= 11 is 0. The summed E-state index contributed by atoms with van der Waals surface area (Å²) in [6.07, 6.45) is 0. The van der Waals surface area contributed by atoms with E-state index in [1.165, 1.54) is 0 Å². The topological polar surface area (TPSA) is 43.8 Å². The van der Waals surface area contributed by atoms with Crippen LogP contribution in [0.2, 0.25) is 0 Å². The Balaban J connectivity index is 2.61. The van der Waals surface area contributed by atoms with E-state index in [1.807, 2.05) is 54.0 Å². The van der Waals surface area contributed by atoms with Gasteiger partial charge in [-0.3, -0.25) is 9.69 Å². The fraction of sp³-hybridized carbons (Fsp3) is 0.588. The van der Waals surface area contributed by atoms with Gasteiger partial charge in [-0.05, 0) is 32.9 Å². The molecule has 0 fully saturated rings. The van der Waals surface area contributed by atoms with E-state index >= 15 is 0 Å². The Morgan fingerprint density at radius 3 is 2.24 bits per heavy atom. The predicted octanol–water partition coefficient (Wildman–Crippen LogP) is 2.13. The van der Waals surface area contributed by atoms with Gasteiger partial charge < -0.3 is 10.0 Å². The van der Waals surface area contributed by atoms with Crippen LogP contribution in [0.15, 0.2) is 30.3 Å². The monoisotopic (exact) mass is 292 g/mol. The third kappa shape index (κ3) is 6.74. The molecule has 0 aromatic heterocycles. The summed E-state index contributed by atoms with van der Waals surface area (Å²) < 4.78 is 0. The number of rotatable bonds is 8. The summed E-state index contributed by atoms with van der Waals surface area (Å²) in [6, 6.07) is 10.0. The molecule has 1 N–H and O–H groups in total. The molecule has 4 heteroatoms. The van der Waals surface area contributed by atoms with E-state index in [4.69, 9.17) is 0 Å². The highest BCUT2D eigenvalue weighted by atomic mass is 16.3. The van der Waals surface area contributed by atoms with Crippen molar-refractivity contribution in [3.63, 3.8) is 0 Å². The first-order valence-corrected chi connectivity index (χ1v) is 7.62. The summed E-state index contributed by atoms with van der Waals surface area (Å²) in [4.78, 5) is 16.3. The molecule has 0 heterocycles. The van der Waals surface area contributed by atoms with Gasteiger partial charge in [0.2, 0.25) is 5.91 Å². The standard InChI is InChI=1S/C17H28N2O2/c1-5-18(14-17(3,4)21)13-16(20)19(6-2)12-15-10-8-7-9-11-15/h7-11,21H,5-6,12-14H2,1-4H3. The molecule has 0 spiro atoms. The van der Waals surface area contributed by atoms with Gasteiger partial charge in [0, 0.05) is 19.6 Å². The number of likely N-dealkylation sites (N-methyl/N-ethyl adjacent to an activating group) is 2. The van der Waals surface area contributed by atoms with Crippen LogP contribution in [0.3, 0.4) is 0 Å². The lowest BCUT2D eigenvalue weighted by atomic mass is 10.1. The normalized spacial score (nSPS) is 11.7. The van der Waals surface area contributed by atoms with Gasteiger partial charge in [-0.2, -0.15) is 0 Å². The summed E-state index contributed by atoms with van der Waals surface area (Å²) in [5.74, 6) is 0.104. The molecule has 0 atom stereocenters. The second-order valence-electron chi connectivity index (χ2n) is 6.01. The minimum Gasteiger partial charge on any atom is -0.389 e. The quantitative estimate of drug-likeness (QED) is 0.798. The van der Waals surface area contributed by atoms with Crippen LogP contribution in [0.5, 0.6) is 0 Å². The Morgan fingerprint density at radius 2 is 1.76 bits per heavy atom. The molecule has 1 aromatic rings. The van der Waals surface area contributed by atoms with E-state index in [0.29, 0.717) is 26.2 Å². The van der Waals surface area contributed by atoms with Crippen molar-refractivity contribution < 1.29 is 9.90 Å². The SMILES string of the molecule is CCN(CC(=O)N(CC)Cc1ccccc1)CC(C)(C)O. The van der Waals surface area contributed by atoms with E-state index in [9.17, 15) is 9.90 Å². The number of benzene rings is 1. The van der Waals surface area contributed by atoms with Crippen molar-refractivity contribution in [2.24, 2.45) is 0 Å². The molecule has 0 saturated heterocycles. The molecule has 118 valence electrons. The van der Waals surface area contributed by atoms with Crippen LogP contribution >= 0.6 is 0 Å². The van der Waals surface area contributed by atoms with Crippen molar-refractivity contribution in [1.29, 1.82) is 0 Å². The van der Waals surface area contributed by atoms with Gasteiger partial charge in [-0.15, -0.1) is 0 Å². The molecule has 0 aliphatic heterocycles. The first-order valence-electron chi connectivity index (χ1n) is 7.62. The number of hydrogen-bond donors (Lipinski definition) is 1. The highest BCUT2D eigenvalue weighted by molar-refractivity contribution is 5.78. The zero-order valence-electron chi connectivity index (χ0n) is 13.7. The fourth-order valence-corrected chi connectivity index (χ4v) is 2.30. The Bertz CT molecular complexity index is 426. The van der Waals surface area contributed by atoms with Crippen LogP contribution in [0, 0.1) is 0 Å². The number of nitrogens with zero attached hydrogens (tertiary/aromatic N) is 2. The Labute approximate surface area is 128 Å². The van der Waals surface area contributed by atoms with Crippen LogP contribution < -0.4 is 0 Å². The van der Waals surface area contributed by atoms with Crippen molar-refractivity contribution in [1.82, 2.24) is 9.80 Å². The average molecular weight is 292 g/mol. The number of carbonyl (C=O) groups excluding carboxylic acids is 1. The smallest absolute Gasteiger partial charge is 0.237 e. The second-order valence-corrected chi connectivity index (χ2v) is 6.01. The van der Waals surface area contributed by atoms with Gasteiger partial charge in [0.15, 0.2) is 0 Å². The summed E-state index contributed by atoms with van der Waals surface area (Å²) in [6.45, 7) is 10.4. The molecule has 0 radical (unpaired) electrons. The maximum absolute atomic E-state index is 12.4. The van der Waals surface area contributed by atoms with E-state index < -0.39 is 5.60 Å². The van der Waals surface area contributed by atoms with Crippen LogP contribution in [0.4, 0.5) is 0 Å². The van der Waals surface area contributed by atoms with Crippen LogP contribution in [0.25, 0.3) is 0 Å². The lowest BCUT2D eigenvalue weighted by Crippen LogP contribution is -2.45. The molecule has 0 saturated carbocycles. The van der Waals surface area contributed by atoms with Crippen molar-refractivity contribution in [3.05, 3.63) is 35.9 Å². The maximum atomic E-state index is 12.4. The lowest BCUT2D eigenvalue weighted by molar-refractivity contribution is -0.133. The zero-order chi connectivity index (χ0) is 15.9. The maximum Gasteiger partial charge on any atom is 0.237 e. The highest BCUT2D eigenvalue weighted by Gasteiger charge is 2.21. The molecule has 1 aromatic carbocycles. The van der Waals surface area contributed by atoms with Gasteiger partial charge in [0.05, 0.1) is 12.1 Å². The molecular weight excluding hydrogens is 264 g/mol. The van der Waals surface area contributed by atoms with Crippen molar-refractivity contribution in [2.75, 3.05) is 26.2 Å². The number of amides is 1. The molecule has 0 bridgehead atoms. The predicted molar refractivity (Wildman–Crippen MR) is 85.9 cm³/mol. The van der Waals surface area contributed by atoms with Gasteiger partial charge in [-0.1, -0.05) is 37.3 Å². The van der Waals surface area contributed by atoms with E-state index in [0.717, 1.165) is 12.1 Å². The molecule has 0 aliphatic carbocycles. The van der Waals surface area contributed by atoms with Gasteiger partial charge >= 0.3 is 0 Å². The van der Waals surface area contributed by atoms with Crippen molar-refractivity contribution in [2.45, 2.75) is 39.8 Å². The van der Waals surface area contributed by atoms with Crippen molar-refractivity contribution >= 4 is 5.91 Å². The number of carbonyl (C=O) groups is 1. The second kappa shape index (κ2) is 8.15.